The summed E-state index contributed by atoms with van der Waals surface area (Å²) in [5.74, 6) is 5.45. The highest BCUT2D eigenvalue weighted by Crippen LogP contribution is 2.04. The smallest absolute Gasteiger partial charge is 0.220 e. The Labute approximate surface area is 113 Å². The topological polar surface area (TPSA) is 58.6 Å². The summed E-state index contributed by atoms with van der Waals surface area (Å²) < 4.78 is 4.89. The molecular weight excluding hydrogens is 242 g/mol. The lowest BCUT2D eigenvalue weighted by Gasteiger charge is -2.05. The third-order valence-corrected chi connectivity index (χ3v) is 2.48. The maximum Gasteiger partial charge on any atom is 0.220 e. The largest absolute Gasteiger partial charge is 0.385 e. The summed E-state index contributed by atoms with van der Waals surface area (Å²) in [7, 11) is 1.62. The molecule has 19 heavy (non-hydrogen) atoms. The van der Waals surface area contributed by atoms with Gasteiger partial charge in [-0.15, -0.1) is 0 Å². The molecule has 0 saturated carbocycles. The van der Waals surface area contributed by atoms with Gasteiger partial charge in [-0.3, -0.25) is 4.79 Å². The van der Waals surface area contributed by atoms with E-state index in [-0.39, 0.29) is 12.5 Å². The van der Waals surface area contributed by atoms with E-state index in [4.69, 9.17) is 9.84 Å². The summed E-state index contributed by atoms with van der Waals surface area (Å²) in [6.45, 7) is 0.931. The second-order valence-corrected chi connectivity index (χ2v) is 4.03. The number of hydrogen-bond acceptors (Lipinski definition) is 3. The Morgan fingerprint density at radius 1 is 1.47 bits per heavy atom. The van der Waals surface area contributed by atoms with Gasteiger partial charge in [0, 0.05) is 32.2 Å². The molecule has 0 aliphatic rings. The summed E-state index contributed by atoms with van der Waals surface area (Å²) in [5.41, 5.74) is 1.82. The van der Waals surface area contributed by atoms with Gasteiger partial charge in [-0.25, -0.2) is 0 Å². The number of hydrogen-bond donors (Lipinski definition) is 2. The molecule has 2 N–H and O–H groups in total. The van der Waals surface area contributed by atoms with E-state index in [2.05, 4.69) is 17.2 Å². The molecule has 0 radical (unpaired) electrons. The van der Waals surface area contributed by atoms with E-state index < -0.39 is 0 Å². The van der Waals surface area contributed by atoms with Crippen LogP contribution >= 0.6 is 0 Å². The van der Waals surface area contributed by atoms with Crippen LogP contribution in [0, 0.1) is 11.8 Å². The van der Waals surface area contributed by atoms with Crippen LogP contribution < -0.4 is 5.32 Å². The third kappa shape index (κ3) is 6.61. The van der Waals surface area contributed by atoms with E-state index in [0.29, 0.717) is 19.6 Å². The van der Waals surface area contributed by atoms with Crippen molar-refractivity contribution in [3.63, 3.8) is 0 Å². The van der Waals surface area contributed by atoms with Crippen LogP contribution in [0.25, 0.3) is 0 Å². The summed E-state index contributed by atoms with van der Waals surface area (Å²) in [5, 5.41) is 11.5. The molecule has 0 atom stereocenters. The van der Waals surface area contributed by atoms with Crippen LogP contribution in [0.15, 0.2) is 24.3 Å². The van der Waals surface area contributed by atoms with Crippen molar-refractivity contribution in [3.05, 3.63) is 35.4 Å². The van der Waals surface area contributed by atoms with Gasteiger partial charge in [0.15, 0.2) is 0 Å². The predicted octanol–water partition coefficient (Wildman–Crippen LogP) is 1.07. The molecule has 1 rings (SSSR count). The van der Waals surface area contributed by atoms with Crippen molar-refractivity contribution in [1.29, 1.82) is 0 Å². The molecule has 0 saturated heterocycles. The standard InChI is InChI=1S/C15H19NO3/c1-19-10-4-8-15(18)16-12-14-6-2-5-13(11-14)7-3-9-17/h2,5-6,11,17H,4,8-10,12H2,1H3,(H,16,18). The van der Waals surface area contributed by atoms with Gasteiger partial charge in [0.05, 0.1) is 0 Å². The summed E-state index contributed by atoms with van der Waals surface area (Å²) in [6, 6.07) is 7.58. The lowest BCUT2D eigenvalue weighted by atomic mass is 10.1. The number of ether oxygens (including phenoxy) is 1. The Balaban J connectivity index is 2.42. The van der Waals surface area contributed by atoms with E-state index in [1.165, 1.54) is 0 Å². The van der Waals surface area contributed by atoms with E-state index in [1.54, 1.807) is 7.11 Å². The van der Waals surface area contributed by atoms with Gasteiger partial charge in [-0.05, 0) is 24.1 Å². The molecule has 1 amide bonds. The number of rotatable bonds is 6. The maximum atomic E-state index is 11.5. The molecular formula is C15H19NO3. The lowest BCUT2D eigenvalue weighted by Crippen LogP contribution is -2.22. The first-order valence-electron chi connectivity index (χ1n) is 6.20. The van der Waals surface area contributed by atoms with Crippen molar-refractivity contribution in [2.75, 3.05) is 20.3 Å². The zero-order valence-electron chi connectivity index (χ0n) is 11.1. The molecule has 0 aromatic heterocycles. The fourth-order valence-corrected chi connectivity index (χ4v) is 1.57. The number of carbonyl (C=O) groups is 1. The molecule has 4 nitrogen and oxygen atoms in total. The second-order valence-electron chi connectivity index (χ2n) is 4.03. The normalized spacial score (nSPS) is 9.58. The minimum absolute atomic E-state index is 0.0175. The lowest BCUT2D eigenvalue weighted by molar-refractivity contribution is -0.121. The fourth-order valence-electron chi connectivity index (χ4n) is 1.57. The van der Waals surface area contributed by atoms with E-state index in [9.17, 15) is 4.79 Å². The Bertz CT molecular complexity index is 460. The number of benzene rings is 1. The molecule has 0 bridgehead atoms. The van der Waals surface area contributed by atoms with Gasteiger partial charge in [0.1, 0.15) is 6.61 Å². The first-order chi connectivity index (χ1) is 9.26. The van der Waals surface area contributed by atoms with E-state index >= 15 is 0 Å². The number of methoxy groups -OCH3 is 1. The van der Waals surface area contributed by atoms with Crippen LogP contribution in [-0.4, -0.2) is 31.3 Å². The van der Waals surface area contributed by atoms with Crippen LogP contribution in [0.2, 0.25) is 0 Å². The second kappa shape index (κ2) is 9.15. The van der Waals surface area contributed by atoms with Crippen LogP contribution in [0.4, 0.5) is 0 Å². The predicted molar refractivity (Wildman–Crippen MR) is 73.4 cm³/mol. The Morgan fingerprint density at radius 3 is 3.05 bits per heavy atom. The van der Waals surface area contributed by atoms with Crippen molar-refractivity contribution >= 4 is 5.91 Å². The quantitative estimate of drug-likeness (QED) is 0.595. The zero-order valence-corrected chi connectivity index (χ0v) is 11.1. The molecule has 102 valence electrons. The number of aliphatic hydroxyl groups excluding tert-OH is 1. The molecule has 1 aromatic rings. The zero-order chi connectivity index (χ0) is 13.9. The average molecular weight is 261 g/mol. The first kappa shape index (κ1) is 15.2. The maximum absolute atomic E-state index is 11.5. The van der Waals surface area contributed by atoms with Crippen molar-refractivity contribution in [3.8, 4) is 11.8 Å². The molecule has 0 aliphatic carbocycles. The van der Waals surface area contributed by atoms with E-state index in [0.717, 1.165) is 17.5 Å². The number of aliphatic hydroxyl groups is 1. The van der Waals surface area contributed by atoms with Gasteiger partial charge in [-0.2, -0.15) is 0 Å². The minimum atomic E-state index is -0.152. The number of amides is 1. The third-order valence-electron chi connectivity index (χ3n) is 2.48. The highest BCUT2D eigenvalue weighted by molar-refractivity contribution is 5.75. The summed E-state index contributed by atoms with van der Waals surface area (Å²) >= 11 is 0. The van der Waals surface area contributed by atoms with Gasteiger partial charge in [0.25, 0.3) is 0 Å². The molecule has 1 aromatic carbocycles. The minimum Gasteiger partial charge on any atom is -0.385 e. The molecule has 0 fully saturated rings. The number of nitrogens with one attached hydrogen (secondary N) is 1. The molecule has 4 heteroatoms. The van der Waals surface area contributed by atoms with Crippen molar-refractivity contribution in [2.45, 2.75) is 19.4 Å². The summed E-state index contributed by atoms with van der Waals surface area (Å²) in [6.07, 6.45) is 1.20. The van der Waals surface area contributed by atoms with Gasteiger partial charge < -0.3 is 15.2 Å². The monoisotopic (exact) mass is 261 g/mol. The molecule has 0 spiro atoms. The van der Waals surface area contributed by atoms with Crippen molar-refractivity contribution in [1.82, 2.24) is 5.32 Å². The Hall–Kier alpha value is -1.83. The van der Waals surface area contributed by atoms with Gasteiger partial charge >= 0.3 is 0 Å². The molecule has 0 heterocycles. The average Bonchev–Trinajstić information content (AvgIpc) is 2.44. The van der Waals surface area contributed by atoms with Crippen LogP contribution in [0.5, 0.6) is 0 Å². The van der Waals surface area contributed by atoms with Crippen molar-refractivity contribution < 1.29 is 14.6 Å². The van der Waals surface area contributed by atoms with Crippen molar-refractivity contribution in [2.24, 2.45) is 0 Å². The highest BCUT2D eigenvalue weighted by Gasteiger charge is 2.01. The SMILES string of the molecule is COCCCC(=O)NCc1cccc(C#CCO)c1. The van der Waals surface area contributed by atoms with Crippen LogP contribution in [0.1, 0.15) is 24.0 Å². The van der Waals surface area contributed by atoms with E-state index in [1.807, 2.05) is 24.3 Å². The first-order valence-corrected chi connectivity index (χ1v) is 6.20. The summed E-state index contributed by atoms with van der Waals surface area (Å²) in [4.78, 5) is 11.5. The Morgan fingerprint density at radius 2 is 2.32 bits per heavy atom. The number of carbonyl (C=O) groups excluding carboxylic acids is 1. The van der Waals surface area contributed by atoms with Crippen LogP contribution in [-0.2, 0) is 16.1 Å². The van der Waals surface area contributed by atoms with Gasteiger partial charge in [0.2, 0.25) is 5.91 Å². The Kier molecular flexibility index (Phi) is 7.33. The molecule has 0 aliphatic heterocycles. The highest BCUT2D eigenvalue weighted by atomic mass is 16.5. The fraction of sp³-hybridized carbons (Fsp3) is 0.400. The van der Waals surface area contributed by atoms with Gasteiger partial charge in [-0.1, -0.05) is 24.0 Å². The molecule has 0 unspecified atom stereocenters. The van der Waals surface area contributed by atoms with Crippen LogP contribution in [0.3, 0.4) is 0 Å².